The minimum Gasteiger partial charge on any atom is -0.355 e. The van der Waals surface area contributed by atoms with Crippen molar-refractivity contribution in [1.82, 2.24) is 25.3 Å². The highest BCUT2D eigenvalue weighted by molar-refractivity contribution is 5.44. The number of hydrogen-bond acceptors (Lipinski definition) is 5. The SMILES string of the molecule is CC1CC(C)CN(c2ccc3nnnn3n2)C1. The van der Waals surface area contributed by atoms with E-state index in [1.54, 1.807) is 0 Å². The van der Waals surface area contributed by atoms with Gasteiger partial charge < -0.3 is 4.90 Å². The van der Waals surface area contributed by atoms with Crippen LogP contribution in [0.2, 0.25) is 0 Å². The Morgan fingerprint density at radius 1 is 1.18 bits per heavy atom. The fourth-order valence-electron chi connectivity index (χ4n) is 2.66. The zero-order valence-electron chi connectivity index (χ0n) is 10.1. The number of tetrazole rings is 1. The Morgan fingerprint density at radius 3 is 2.71 bits per heavy atom. The topological polar surface area (TPSA) is 59.2 Å². The summed E-state index contributed by atoms with van der Waals surface area (Å²) in [4.78, 5) is 2.32. The van der Waals surface area contributed by atoms with Crippen LogP contribution in [-0.4, -0.2) is 38.3 Å². The summed E-state index contributed by atoms with van der Waals surface area (Å²) < 4.78 is 1.49. The van der Waals surface area contributed by atoms with E-state index in [0.29, 0.717) is 17.5 Å². The lowest BCUT2D eigenvalue weighted by molar-refractivity contribution is 0.354. The predicted octanol–water partition coefficient (Wildman–Crippen LogP) is 1.00. The molecule has 1 fully saturated rings. The lowest BCUT2D eigenvalue weighted by Gasteiger charge is -2.35. The van der Waals surface area contributed by atoms with Gasteiger partial charge in [0.05, 0.1) is 0 Å². The van der Waals surface area contributed by atoms with Gasteiger partial charge in [-0.05, 0) is 40.8 Å². The molecule has 0 aromatic carbocycles. The third kappa shape index (κ3) is 1.94. The zero-order chi connectivity index (χ0) is 11.8. The second-order valence-electron chi connectivity index (χ2n) is 5.07. The average Bonchev–Trinajstić information content (AvgIpc) is 2.74. The summed E-state index contributed by atoms with van der Waals surface area (Å²) in [6.45, 7) is 6.70. The maximum atomic E-state index is 4.43. The second kappa shape index (κ2) is 3.94. The summed E-state index contributed by atoms with van der Waals surface area (Å²) in [6, 6.07) is 3.91. The molecule has 2 atom stereocenters. The van der Waals surface area contributed by atoms with Crippen molar-refractivity contribution in [2.24, 2.45) is 11.8 Å². The summed E-state index contributed by atoms with van der Waals surface area (Å²) in [7, 11) is 0. The molecule has 0 aliphatic carbocycles. The smallest absolute Gasteiger partial charge is 0.200 e. The Morgan fingerprint density at radius 2 is 1.94 bits per heavy atom. The molecule has 1 aliphatic heterocycles. The van der Waals surface area contributed by atoms with E-state index in [-0.39, 0.29) is 0 Å². The summed E-state index contributed by atoms with van der Waals surface area (Å²) >= 11 is 0. The number of fused-ring (bicyclic) bond motifs is 1. The van der Waals surface area contributed by atoms with Crippen molar-refractivity contribution in [2.75, 3.05) is 18.0 Å². The predicted molar refractivity (Wildman–Crippen MR) is 63.7 cm³/mol. The first-order valence-corrected chi connectivity index (χ1v) is 6.03. The minimum absolute atomic E-state index is 0.687. The summed E-state index contributed by atoms with van der Waals surface area (Å²) in [5.41, 5.74) is 0.687. The third-order valence-electron chi connectivity index (χ3n) is 3.25. The third-order valence-corrected chi connectivity index (χ3v) is 3.25. The minimum atomic E-state index is 0.687. The Hall–Kier alpha value is -1.72. The molecule has 2 unspecified atom stereocenters. The van der Waals surface area contributed by atoms with Crippen LogP contribution in [-0.2, 0) is 0 Å². The number of piperidine rings is 1. The van der Waals surface area contributed by atoms with Gasteiger partial charge in [0.15, 0.2) is 11.5 Å². The van der Waals surface area contributed by atoms with Gasteiger partial charge in [0.2, 0.25) is 0 Å². The molecule has 6 nitrogen and oxygen atoms in total. The van der Waals surface area contributed by atoms with Crippen molar-refractivity contribution in [2.45, 2.75) is 20.3 Å². The number of anilines is 1. The van der Waals surface area contributed by atoms with Crippen molar-refractivity contribution < 1.29 is 0 Å². The molecule has 3 rings (SSSR count). The lowest BCUT2D eigenvalue weighted by atomic mass is 9.92. The van der Waals surface area contributed by atoms with Crippen LogP contribution in [0.3, 0.4) is 0 Å². The number of hydrogen-bond donors (Lipinski definition) is 0. The highest BCUT2D eigenvalue weighted by Crippen LogP contribution is 2.24. The maximum absolute atomic E-state index is 4.43. The van der Waals surface area contributed by atoms with E-state index in [1.165, 1.54) is 11.1 Å². The number of aromatic nitrogens is 5. The largest absolute Gasteiger partial charge is 0.355 e. The van der Waals surface area contributed by atoms with Gasteiger partial charge in [0.25, 0.3) is 0 Å². The highest BCUT2D eigenvalue weighted by Gasteiger charge is 2.23. The maximum Gasteiger partial charge on any atom is 0.200 e. The Balaban J connectivity index is 1.91. The molecule has 3 heterocycles. The molecule has 6 heteroatoms. The van der Waals surface area contributed by atoms with E-state index in [9.17, 15) is 0 Å². The number of rotatable bonds is 1. The number of nitrogens with zero attached hydrogens (tertiary/aromatic N) is 6. The van der Waals surface area contributed by atoms with Gasteiger partial charge in [-0.25, -0.2) is 0 Å². The molecule has 0 bridgehead atoms. The summed E-state index contributed by atoms with van der Waals surface area (Å²) in [5, 5.41) is 15.7. The van der Waals surface area contributed by atoms with Crippen molar-refractivity contribution in [3.05, 3.63) is 12.1 Å². The normalized spacial score (nSPS) is 25.4. The molecule has 1 aliphatic rings. The monoisotopic (exact) mass is 232 g/mol. The molecule has 17 heavy (non-hydrogen) atoms. The fraction of sp³-hybridized carbons (Fsp3) is 0.636. The van der Waals surface area contributed by atoms with Crippen LogP contribution in [0.5, 0.6) is 0 Å². The molecule has 0 saturated carbocycles. The summed E-state index contributed by atoms with van der Waals surface area (Å²) in [6.07, 6.45) is 1.30. The average molecular weight is 232 g/mol. The van der Waals surface area contributed by atoms with Crippen LogP contribution >= 0.6 is 0 Å². The van der Waals surface area contributed by atoms with Crippen molar-refractivity contribution in [1.29, 1.82) is 0 Å². The van der Waals surface area contributed by atoms with Crippen molar-refractivity contribution in [3.8, 4) is 0 Å². The highest BCUT2D eigenvalue weighted by atomic mass is 15.6. The molecule has 0 spiro atoms. The van der Waals surface area contributed by atoms with Gasteiger partial charge in [0, 0.05) is 13.1 Å². The van der Waals surface area contributed by atoms with Crippen LogP contribution < -0.4 is 4.90 Å². The van der Waals surface area contributed by atoms with Gasteiger partial charge in [-0.15, -0.1) is 14.8 Å². The second-order valence-corrected chi connectivity index (χ2v) is 5.07. The molecular weight excluding hydrogens is 216 g/mol. The van der Waals surface area contributed by atoms with E-state index in [4.69, 9.17) is 0 Å². The molecule has 90 valence electrons. The molecular formula is C11H16N6. The van der Waals surface area contributed by atoms with Crippen LogP contribution in [0.25, 0.3) is 5.65 Å². The van der Waals surface area contributed by atoms with Gasteiger partial charge in [0.1, 0.15) is 0 Å². The fourth-order valence-corrected chi connectivity index (χ4v) is 2.66. The Kier molecular flexibility index (Phi) is 2.42. The van der Waals surface area contributed by atoms with Gasteiger partial charge in [-0.2, -0.15) is 0 Å². The first kappa shape index (κ1) is 10.4. The van der Waals surface area contributed by atoms with Crippen molar-refractivity contribution in [3.63, 3.8) is 0 Å². The lowest BCUT2D eigenvalue weighted by Crippen LogP contribution is -2.39. The van der Waals surface area contributed by atoms with Gasteiger partial charge >= 0.3 is 0 Å². The van der Waals surface area contributed by atoms with E-state index in [0.717, 1.165) is 18.9 Å². The molecule has 2 aromatic rings. The molecule has 0 amide bonds. The van der Waals surface area contributed by atoms with E-state index in [1.807, 2.05) is 12.1 Å². The van der Waals surface area contributed by atoms with Crippen LogP contribution in [0, 0.1) is 11.8 Å². The Bertz CT molecular complexity index is 511. The molecule has 0 radical (unpaired) electrons. The molecule has 1 saturated heterocycles. The van der Waals surface area contributed by atoms with Crippen LogP contribution in [0.1, 0.15) is 20.3 Å². The first-order chi connectivity index (χ1) is 8.22. The van der Waals surface area contributed by atoms with E-state index < -0.39 is 0 Å². The summed E-state index contributed by atoms with van der Waals surface area (Å²) in [5.74, 6) is 2.39. The Labute approximate surface area is 99.6 Å². The first-order valence-electron chi connectivity index (χ1n) is 6.03. The molecule has 2 aromatic heterocycles. The van der Waals surface area contributed by atoms with Gasteiger partial charge in [-0.3, -0.25) is 0 Å². The van der Waals surface area contributed by atoms with E-state index >= 15 is 0 Å². The quantitative estimate of drug-likeness (QED) is 0.734. The standard InChI is InChI=1S/C11H16N6/c1-8-5-9(2)7-16(6-8)11-4-3-10-12-14-15-17(10)13-11/h3-4,8-9H,5-7H2,1-2H3. The van der Waals surface area contributed by atoms with E-state index in [2.05, 4.69) is 39.4 Å². The van der Waals surface area contributed by atoms with Crippen molar-refractivity contribution >= 4 is 11.5 Å². The van der Waals surface area contributed by atoms with Crippen LogP contribution in [0.15, 0.2) is 12.1 Å². The molecule has 0 N–H and O–H groups in total. The van der Waals surface area contributed by atoms with Gasteiger partial charge in [-0.1, -0.05) is 13.8 Å². The zero-order valence-corrected chi connectivity index (χ0v) is 10.1. The van der Waals surface area contributed by atoms with Crippen LogP contribution in [0.4, 0.5) is 5.82 Å².